The fraction of sp³-hybridized carbons (Fsp3) is 0.360. The Balaban J connectivity index is 1.54. The Kier molecular flexibility index (Phi) is 7.58. The highest BCUT2D eigenvalue weighted by atomic mass is 19.4. The number of benzene rings is 1. The highest BCUT2D eigenvalue weighted by Gasteiger charge is 2.32. The van der Waals surface area contributed by atoms with Crippen LogP contribution in [0.2, 0.25) is 0 Å². The SMILES string of the molecule is CC[C@H](NC(=O)c1cc(C(=O)N[C@H](C)c2ccc(F)cc2)n2c1COCC2)c1ncc(C(F)(F)F)cn1. The third-order valence-electron chi connectivity index (χ3n) is 6.13. The maximum Gasteiger partial charge on any atom is 0.419 e. The van der Waals surface area contributed by atoms with E-state index in [1.54, 1.807) is 30.5 Å². The molecule has 8 nitrogen and oxygen atoms in total. The summed E-state index contributed by atoms with van der Waals surface area (Å²) in [5, 5.41) is 5.61. The average Bonchev–Trinajstić information content (AvgIpc) is 3.27. The fourth-order valence-electron chi connectivity index (χ4n) is 4.06. The Hall–Kier alpha value is -3.80. The van der Waals surface area contributed by atoms with Gasteiger partial charge in [-0.1, -0.05) is 19.1 Å². The molecular weight excluding hydrogens is 494 g/mol. The van der Waals surface area contributed by atoms with Crippen molar-refractivity contribution in [2.75, 3.05) is 6.61 Å². The summed E-state index contributed by atoms with van der Waals surface area (Å²) in [5.74, 6) is -1.29. The molecule has 1 aromatic carbocycles. The molecule has 0 bridgehead atoms. The van der Waals surface area contributed by atoms with E-state index in [0.717, 1.165) is 0 Å². The predicted octanol–water partition coefficient (Wildman–Crippen LogP) is 4.34. The van der Waals surface area contributed by atoms with Crippen molar-refractivity contribution in [1.29, 1.82) is 0 Å². The summed E-state index contributed by atoms with van der Waals surface area (Å²) < 4.78 is 59.0. The molecule has 4 rings (SSSR count). The third-order valence-corrected chi connectivity index (χ3v) is 6.13. The number of nitrogens with zero attached hydrogens (tertiary/aromatic N) is 3. The van der Waals surface area contributed by atoms with Gasteiger partial charge in [0, 0.05) is 18.9 Å². The van der Waals surface area contributed by atoms with Crippen molar-refractivity contribution in [1.82, 2.24) is 25.2 Å². The lowest BCUT2D eigenvalue weighted by Crippen LogP contribution is -2.31. The average molecular weight is 519 g/mol. The second-order valence-electron chi connectivity index (χ2n) is 8.60. The Morgan fingerprint density at radius 2 is 1.78 bits per heavy atom. The number of carbonyl (C=O) groups is 2. The van der Waals surface area contributed by atoms with Gasteiger partial charge in [0.2, 0.25) is 0 Å². The van der Waals surface area contributed by atoms with Crippen LogP contribution in [-0.2, 0) is 24.1 Å². The maximum atomic E-state index is 13.2. The maximum absolute atomic E-state index is 13.2. The van der Waals surface area contributed by atoms with Crippen molar-refractivity contribution < 1.29 is 31.9 Å². The van der Waals surface area contributed by atoms with Gasteiger partial charge in [0.05, 0.1) is 42.1 Å². The first-order valence-corrected chi connectivity index (χ1v) is 11.6. The molecule has 0 saturated carbocycles. The van der Waals surface area contributed by atoms with Crippen LogP contribution < -0.4 is 10.6 Å². The van der Waals surface area contributed by atoms with E-state index in [9.17, 15) is 27.2 Å². The lowest BCUT2D eigenvalue weighted by atomic mass is 10.1. The Bertz CT molecular complexity index is 1270. The van der Waals surface area contributed by atoms with Gasteiger partial charge in [-0.15, -0.1) is 0 Å². The number of hydrogen-bond donors (Lipinski definition) is 2. The molecule has 1 aliphatic heterocycles. The van der Waals surface area contributed by atoms with Crippen LogP contribution in [-0.4, -0.2) is 33.0 Å². The molecule has 0 saturated heterocycles. The summed E-state index contributed by atoms with van der Waals surface area (Å²) >= 11 is 0. The summed E-state index contributed by atoms with van der Waals surface area (Å²) in [5.41, 5.74) is 0.706. The molecule has 37 heavy (non-hydrogen) atoms. The molecule has 12 heteroatoms. The van der Waals surface area contributed by atoms with Gasteiger partial charge in [-0.3, -0.25) is 9.59 Å². The summed E-state index contributed by atoms with van der Waals surface area (Å²) in [6, 6.07) is 6.07. The van der Waals surface area contributed by atoms with Gasteiger partial charge in [0.1, 0.15) is 17.3 Å². The van der Waals surface area contributed by atoms with Crippen LogP contribution in [0.15, 0.2) is 42.7 Å². The molecular formula is C25H25F4N5O3. The van der Waals surface area contributed by atoms with Gasteiger partial charge >= 0.3 is 6.18 Å². The molecule has 2 atom stereocenters. The van der Waals surface area contributed by atoms with E-state index in [0.29, 0.717) is 43.2 Å². The number of alkyl halides is 3. The predicted molar refractivity (Wildman–Crippen MR) is 124 cm³/mol. The van der Waals surface area contributed by atoms with Crippen LogP contribution >= 0.6 is 0 Å². The van der Waals surface area contributed by atoms with Crippen molar-refractivity contribution >= 4 is 11.8 Å². The number of aromatic nitrogens is 3. The molecule has 196 valence electrons. The van der Waals surface area contributed by atoms with E-state index in [-0.39, 0.29) is 29.5 Å². The number of carbonyl (C=O) groups excluding carboxylic acids is 2. The topological polar surface area (TPSA) is 98.1 Å². The normalized spacial score (nSPS) is 15.0. The summed E-state index contributed by atoms with van der Waals surface area (Å²) in [6.45, 7) is 4.32. The molecule has 0 spiro atoms. The van der Waals surface area contributed by atoms with Crippen LogP contribution in [0.3, 0.4) is 0 Å². The van der Waals surface area contributed by atoms with Gasteiger partial charge in [0.25, 0.3) is 11.8 Å². The quantitative estimate of drug-likeness (QED) is 0.453. The molecule has 3 heterocycles. The van der Waals surface area contributed by atoms with Crippen molar-refractivity contribution in [3.05, 3.63) is 82.4 Å². The minimum absolute atomic E-state index is 0.0410. The number of halogens is 4. The molecule has 2 N–H and O–H groups in total. The van der Waals surface area contributed by atoms with Gasteiger partial charge in [-0.25, -0.2) is 14.4 Å². The van der Waals surface area contributed by atoms with E-state index in [1.807, 2.05) is 0 Å². The molecule has 1 aliphatic rings. The first-order chi connectivity index (χ1) is 17.6. The van der Waals surface area contributed by atoms with Crippen LogP contribution in [0, 0.1) is 5.82 Å². The lowest BCUT2D eigenvalue weighted by molar-refractivity contribution is -0.138. The van der Waals surface area contributed by atoms with E-state index in [2.05, 4.69) is 20.6 Å². The van der Waals surface area contributed by atoms with Crippen LogP contribution in [0.25, 0.3) is 0 Å². The molecule has 2 amide bonds. The van der Waals surface area contributed by atoms with Crippen molar-refractivity contribution in [3.8, 4) is 0 Å². The Morgan fingerprint density at radius 1 is 1.11 bits per heavy atom. The van der Waals surface area contributed by atoms with Crippen molar-refractivity contribution in [2.45, 2.75) is 51.7 Å². The number of hydrogen-bond acceptors (Lipinski definition) is 5. The van der Waals surface area contributed by atoms with Crippen LogP contribution in [0.1, 0.15) is 75.8 Å². The standard InChI is InChI=1S/C25H25F4N5O3/c1-3-19(22-30-11-16(12-31-22)25(27,28)29)33-23(35)18-10-20(34-8-9-37-13-21(18)34)24(36)32-14(2)15-4-6-17(26)7-5-15/h4-7,10-12,14,19H,3,8-9,13H2,1-2H3,(H,32,36)(H,33,35)/t14-,19+/m1/s1. The number of amides is 2. The fourth-order valence-corrected chi connectivity index (χ4v) is 4.06. The van der Waals surface area contributed by atoms with Gasteiger partial charge in [-0.2, -0.15) is 13.2 Å². The smallest absolute Gasteiger partial charge is 0.373 e. The minimum atomic E-state index is -4.57. The van der Waals surface area contributed by atoms with Crippen molar-refractivity contribution in [2.24, 2.45) is 0 Å². The molecule has 0 unspecified atom stereocenters. The first-order valence-electron chi connectivity index (χ1n) is 11.6. The zero-order chi connectivity index (χ0) is 26.7. The number of fused-ring (bicyclic) bond motifs is 1. The zero-order valence-electron chi connectivity index (χ0n) is 20.1. The molecule has 0 aliphatic carbocycles. The minimum Gasteiger partial charge on any atom is -0.373 e. The number of rotatable bonds is 7. The zero-order valence-corrected chi connectivity index (χ0v) is 20.1. The Morgan fingerprint density at radius 3 is 2.41 bits per heavy atom. The van der Waals surface area contributed by atoms with E-state index >= 15 is 0 Å². The molecule has 2 aromatic heterocycles. The number of ether oxygens (including phenoxy) is 1. The van der Waals surface area contributed by atoms with E-state index < -0.39 is 35.6 Å². The summed E-state index contributed by atoms with van der Waals surface area (Å²) in [6.07, 6.45) is -2.89. The largest absolute Gasteiger partial charge is 0.419 e. The third kappa shape index (κ3) is 5.79. The molecule has 3 aromatic rings. The van der Waals surface area contributed by atoms with Crippen molar-refractivity contribution in [3.63, 3.8) is 0 Å². The number of nitrogens with one attached hydrogen (secondary N) is 2. The Labute approximate surface area is 210 Å². The second-order valence-corrected chi connectivity index (χ2v) is 8.60. The lowest BCUT2D eigenvalue weighted by Gasteiger charge is -2.21. The van der Waals surface area contributed by atoms with Crippen LogP contribution in [0.4, 0.5) is 17.6 Å². The van der Waals surface area contributed by atoms with Crippen LogP contribution in [0.5, 0.6) is 0 Å². The molecule has 0 fully saturated rings. The molecule has 0 radical (unpaired) electrons. The summed E-state index contributed by atoms with van der Waals surface area (Å²) in [4.78, 5) is 33.9. The van der Waals surface area contributed by atoms with E-state index in [1.165, 1.54) is 18.2 Å². The van der Waals surface area contributed by atoms with Gasteiger partial charge < -0.3 is 19.9 Å². The van der Waals surface area contributed by atoms with E-state index in [4.69, 9.17) is 4.74 Å². The first kappa shape index (κ1) is 26.3. The van der Waals surface area contributed by atoms with Gasteiger partial charge in [0.15, 0.2) is 0 Å². The summed E-state index contributed by atoms with van der Waals surface area (Å²) in [7, 11) is 0. The highest BCUT2D eigenvalue weighted by Crippen LogP contribution is 2.29. The monoisotopic (exact) mass is 519 g/mol. The second kappa shape index (κ2) is 10.7. The highest BCUT2D eigenvalue weighted by molar-refractivity contribution is 6.01. The van der Waals surface area contributed by atoms with Gasteiger partial charge in [-0.05, 0) is 37.1 Å².